The van der Waals surface area contributed by atoms with Crippen LogP contribution in [0.5, 0.6) is 5.75 Å². The fourth-order valence-corrected chi connectivity index (χ4v) is 7.40. The lowest BCUT2D eigenvalue weighted by atomic mass is 10.0. The number of hydrogen-bond donors (Lipinski definition) is 4. The molecular formula is C41H52Cl2N2O9S. The lowest BCUT2D eigenvalue weighted by Gasteiger charge is -2.15. The number of nitrogens with one attached hydrogen (secondary N) is 2. The van der Waals surface area contributed by atoms with E-state index in [2.05, 4.69) is 17.0 Å². The highest BCUT2D eigenvalue weighted by Gasteiger charge is 2.29. The molecule has 0 aliphatic carbocycles. The number of para-hydroxylation sites is 1. The van der Waals surface area contributed by atoms with E-state index in [9.17, 15) is 37.8 Å². The number of anilines is 2. The molecule has 1 atom stereocenters. The largest absolute Gasteiger partial charge is 0.493 e. The molecule has 0 bridgehead atoms. The van der Waals surface area contributed by atoms with Crippen molar-refractivity contribution >= 4 is 68.2 Å². The first kappa shape index (κ1) is 45.3. The summed E-state index contributed by atoms with van der Waals surface area (Å²) in [6.45, 7) is 2.64. The van der Waals surface area contributed by atoms with Crippen molar-refractivity contribution in [3.63, 3.8) is 0 Å². The second-order valence-electron chi connectivity index (χ2n) is 13.5. The summed E-state index contributed by atoms with van der Waals surface area (Å²) in [5.74, 6) is -4.33. The van der Waals surface area contributed by atoms with Crippen molar-refractivity contribution in [2.24, 2.45) is 0 Å². The second kappa shape index (κ2) is 23.7. The molecule has 14 heteroatoms. The van der Waals surface area contributed by atoms with Gasteiger partial charge >= 0.3 is 11.9 Å². The molecule has 0 aliphatic rings. The van der Waals surface area contributed by atoms with Crippen molar-refractivity contribution in [1.82, 2.24) is 0 Å². The average molecular weight is 820 g/mol. The Labute approximate surface area is 334 Å². The van der Waals surface area contributed by atoms with E-state index in [1.54, 1.807) is 18.2 Å². The number of Topliss-reactive ketones (excluding diaryl/α,β-unsaturated/α-hetero) is 1. The number of rotatable bonds is 27. The van der Waals surface area contributed by atoms with Crippen molar-refractivity contribution in [2.45, 2.75) is 120 Å². The van der Waals surface area contributed by atoms with Crippen LogP contribution in [-0.2, 0) is 14.8 Å². The Hall–Kier alpha value is -4.13. The van der Waals surface area contributed by atoms with Gasteiger partial charge in [0.1, 0.15) is 5.75 Å². The molecule has 300 valence electrons. The average Bonchev–Trinajstić information content (AvgIpc) is 3.16. The van der Waals surface area contributed by atoms with E-state index in [-0.39, 0.29) is 22.0 Å². The lowest BCUT2D eigenvalue weighted by Crippen LogP contribution is -2.31. The van der Waals surface area contributed by atoms with Gasteiger partial charge in [0.25, 0.3) is 15.9 Å². The number of halogens is 2. The number of ether oxygens (including phenoxy) is 1. The number of hydrogen-bond acceptors (Lipinski definition) is 7. The predicted molar refractivity (Wildman–Crippen MR) is 217 cm³/mol. The number of aromatic carboxylic acids is 2. The van der Waals surface area contributed by atoms with Crippen molar-refractivity contribution in [2.75, 3.05) is 16.6 Å². The highest BCUT2D eigenvalue weighted by atomic mass is 35.5. The van der Waals surface area contributed by atoms with Gasteiger partial charge in [-0.15, -0.1) is 11.6 Å². The van der Waals surface area contributed by atoms with Crippen LogP contribution in [0.1, 0.15) is 141 Å². The van der Waals surface area contributed by atoms with Gasteiger partial charge in [0.05, 0.1) is 44.6 Å². The molecule has 0 unspecified atom stereocenters. The van der Waals surface area contributed by atoms with Crippen molar-refractivity contribution in [3.05, 3.63) is 82.4 Å². The zero-order valence-corrected chi connectivity index (χ0v) is 33.6. The minimum Gasteiger partial charge on any atom is -0.493 e. The van der Waals surface area contributed by atoms with Gasteiger partial charge in [0.15, 0.2) is 11.2 Å². The van der Waals surface area contributed by atoms with E-state index in [1.165, 1.54) is 95.6 Å². The van der Waals surface area contributed by atoms with Crippen LogP contribution in [0.25, 0.3) is 0 Å². The summed E-state index contributed by atoms with van der Waals surface area (Å²) in [4.78, 5) is 49.0. The minimum atomic E-state index is -4.45. The van der Waals surface area contributed by atoms with E-state index >= 15 is 0 Å². The summed E-state index contributed by atoms with van der Waals surface area (Å²) < 4.78 is 34.4. The number of sulfonamides is 1. The van der Waals surface area contributed by atoms with Gasteiger partial charge in [0, 0.05) is 0 Å². The Bertz CT molecular complexity index is 1820. The van der Waals surface area contributed by atoms with Crippen LogP contribution >= 0.6 is 23.2 Å². The molecule has 55 heavy (non-hydrogen) atoms. The van der Waals surface area contributed by atoms with E-state index < -0.39 is 55.1 Å². The van der Waals surface area contributed by atoms with Crippen molar-refractivity contribution in [3.8, 4) is 5.75 Å². The Morgan fingerprint density at radius 2 is 1.22 bits per heavy atom. The fourth-order valence-electron chi connectivity index (χ4n) is 5.99. The Balaban J connectivity index is 1.47. The number of alkyl halides is 1. The number of benzene rings is 3. The molecule has 3 aromatic carbocycles. The second-order valence-corrected chi connectivity index (χ2v) is 16.0. The molecule has 0 aromatic heterocycles. The maximum atomic E-state index is 13.3. The monoisotopic (exact) mass is 818 g/mol. The van der Waals surface area contributed by atoms with Crippen LogP contribution in [0.2, 0.25) is 5.02 Å². The quantitative estimate of drug-likeness (QED) is 0.0252. The van der Waals surface area contributed by atoms with Crippen molar-refractivity contribution < 1.29 is 42.5 Å². The van der Waals surface area contributed by atoms with E-state index in [1.807, 2.05) is 0 Å². The molecule has 0 saturated heterocycles. The molecule has 1 amide bonds. The third-order valence-corrected chi connectivity index (χ3v) is 11.2. The number of unbranched alkanes of at least 4 members (excludes halogenated alkanes) is 15. The summed E-state index contributed by atoms with van der Waals surface area (Å²) in [5, 5.41) is 19.3. The third kappa shape index (κ3) is 15.5. The molecule has 4 N–H and O–H groups in total. The maximum absolute atomic E-state index is 13.3. The highest BCUT2D eigenvalue weighted by molar-refractivity contribution is 7.92. The molecule has 0 spiro atoms. The first-order valence-electron chi connectivity index (χ1n) is 19.0. The molecule has 0 aliphatic heterocycles. The van der Waals surface area contributed by atoms with Gasteiger partial charge in [-0.3, -0.25) is 14.3 Å². The summed E-state index contributed by atoms with van der Waals surface area (Å²) in [6.07, 6.45) is 20.1. The zero-order chi connectivity index (χ0) is 40.2. The van der Waals surface area contributed by atoms with Crippen LogP contribution in [0, 0.1) is 0 Å². The SMILES string of the molecule is CCCCCCCCCCCCCCCCCCOc1ccccc1C(=O)[C@H](Cl)C(=O)Nc1cc(S(=O)(=O)Nc2cc(C(=O)O)cc(C(=O)O)c2)ccc1Cl. The van der Waals surface area contributed by atoms with Gasteiger partial charge < -0.3 is 20.3 Å². The van der Waals surface area contributed by atoms with Gasteiger partial charge in [0.2, 0.25) is 0 Å². The number of amides is 1. The van der Waals surface area contributed by atoms with Crippen LogP contribution in [0.3, 0.4) is 0 Å². The van der Waals surface area contributed by atoms with E-state index in [0.717, 1.165) is 49.6 Å². The molecule has 3 aromatic rings. The van der Waals surface area contributed by atoms with Gasteiger partial charge in [-0.1, -0.05) is 127 Å². The minimum absolute atomic E-state index is 0.0628. The van der Waals surface area contributed by atoms with Crippen LogP contribution in [-0.4, -0.2) is 54.2 Å². The summed E-state index contributed by atoms with van der Waals surface area (Å²) in [6, 6.07) is 12.6. The summed E-state index contributed by atoms with van der Waals surface area (Å²) in [7, 11) is -4.45. The Kier molecular flexibility index (Phi) is 19.5. The van der Waals surface area contributed by atoms with Crippen LogP contribution < -0.4 is 14.8 Å². The number of carbonyl (C=O) groups excluding carboxylic acids is 2. The normalized spacial score (nSPS) is 11.8. The fraction of sp³-hybridized carbons (Fsp3) is 0.463. The van der Waals surface area contributed by atoms with Crippen LogP contribution in [0.4, 0.5) is 11.4 Å². The molecule has 0 radical (unpaired) electrons. The topological polar surface area (TPSA) is 176 Å². The number of carboxylic acid groups (broad SMARTS) is 2. The predicted octanol–water partition coefficient (Wildman–Crippen LogP) is 10.6. The first-order chi connectivity index (χ1) is 26.3. The van der Waals surface area contributed by atoms with E-state index in [0.29, 0.717) is 12.4 Å². The molecular weight excluding hydrogens is 767 g/mol. The van der Waals surface area contributed by atoms with Gasteiger partial charge in [-0.25, -0.2) is 18.0 Å². The maximum Gasteiger partial charge on any atom is 0.335 e. The first-order valence-corrected chi connectivity index (χ1v) is 21.3. The number of carboxylic acids is 2. The third-order valence-electron chi connectivity index (χ3n) is 9.05. The Morgan fingerprint density at radius 3 is 1.75 bits per heavy atom. The van der Waals surface area contributed by atoms with Gasteiger partial charge in [-0.05, 0) is 55.0 Å². The summed E-state index contributed by atoms with van der Waals surface area (Å²) >= 11 is 12.6. The highest BCUT2D eigenvalue weighted by Crippen LogP contribution is 2.29. The molecule has 0 saturated carbocycles. The lowest BCUT2D eigenvalue weighted by molar-refractivity contribution is -0.115. The van der Waals surface area contributed by atoms with E-state index in [4.69, 9.17) is 27.9 Å². The molecule has 11 nitrogen and oxygen atoms in total. The molecule has 0 fully saturated rings. The zero-order valence-electron chi connectivity index (χ0n) is 31.3. The molecule has 0 heterocycles. The standard InChI is InChI=1S/C41H52Cl2N2O9S/c1-2-3-4-5-6-7-8-9-10-11-12-13-14-15-16-19-24-54-36-21-18-17-20-33(36)38(46)37(43)39(47)44-35-28-32(22-23-34(35)42)55(52,53)45-31-26-29(40(48)49)25-30(27-31)41(50)51/h17-18,20-23,25-28,37,45H,2-16,19,24H2,1H3,(H,44,47)(H,48,49)(H,50,51)/t37-/m0/s1. The van der Waals surface area contributed by atoms with Crippen LogP contribution in [0.15, 0.2) is 65.6 Å². The number of ketones is 1. The molecule has 3 rings (SSSR count). The van der Waals surface area contributed by atoms with Gasteiger partial charge in [-0.2, -0.15) is 0 Å². The number of carbonyl (C=O) groups is 4. The summed E-state index contributed by atoms with van der Waals surface area (Å²) in [5.41, 5.74) is -1.28. The van der Waals surface area contributed by atoms with Crippen molar-refractivity contribution in [1.29, 1.82) is 0 Å². The Morgan fingerprint density at radius 1 is 0.709 bits per heavy atom. The smallest absolute Gasteiger partial charge is 0.335 e.